The van der Waals surface area contributed by atoms with E-state index in [1.807, 2.05) is 51.1 Å². The van der Waals surface area contributed by atoms with Gasteiger partial charge in [0.05, 0.1) is 5.41 Å². The molecule has 2 atom stereocenters. The quantitative estimate of drug-likeness (QED) is 0.107. The van der Waals surface area contributed by atoms with Gasteiger partial charge in [0.15, 0.2) is 0 Å². The largest absolute Gasteiger partial charge is 0.0991 e. The van der Waals surface area contributed by atoms with Crippen molar-refractivity contribution in [3.63, 3.8) is 0 Å². The third-order valence-corrected chi connectivity index (χ3v) is 15.4. The lowest BCUT2D eigenvalue weighted by Crippen LogP contribution is -2.37. The highest BCUT2D eigenvalue weighted by Crippen LogP contribution is 2.63. The molecule has 358 valence electrons. The van der Waals surface area contributed by atoms with Crippen molar-refractivity contribution >= 4 is 11.1 Å². The summed E-state index contributed by atoms with van der Waals surface area (Å²) < 4.78 is 0. The molecule has 2 unspecified atom stereocenters. The van der Waals surface area contributed by atoms with Crippen LogP contribution in [0.15, 0.2) is 242 Å². The van der Waals surface area contributed by atoms with Gasteiger partial charge in [-0.15, -0.1) is 0 Å². The Morgan fingerprint density at radius 3 is 1.90 bits per heavy atom. The topological polar surface area (TPSA) is 0 Å². The van der Waals surface area contributed by atoms with E-state index in [2.05, 4.69) is 211 Å². The summed E-state index contributed by atoms with van der Waals surface area (Å²) in [6.45, 7) is 23.2. The Labute approximate surface area is 427 Å². The molecule has 0 bridgehead atoms. The average Bonchev–Trinajstić information content (AvgIpc) is 3.71. The minimum absolute atomic E-state index is 0.262. The van der Waals surface area contributed by atoms with E-state index in [1.54, 1.807) is 6.08 Å². The molecule has 71 heavy (non-hydrogen) atoms. The van der Waals surface area contributed by atoms with Gasteiger partial charge in [-0.25, -0.2) is 0 Å². The summed E-state index contributed by atoms with van der Waals surface area (Å²) in [4.78, 5) is 0. The molecule has 6 aromatic carbocycles. The van der Waals surface area contributed by atoms with E-state index >= 15 is 0 Å². The maximum absolute atomic E-state index is 3.83. The van der Waals surface area contributed by atoms with Crippen molar-refractivity contribution in [3.8, 4) is 11.1 Å². The van der Waals surface area contributed by atoms with Gasteiger partial charge in [0.2, 0.25) is 0 Å². The first kappa shape index (κ1) is 50.4. The van der Waals surface area contributed by atoms with Crippen LogP contribution in [0, 0.1) is 11.8 Å². The van der Waals surface area contributed by atoms with Gasteiger partial charge in [0.1, 0.15) is 0 Å². The highest BCUT2D eigenvalue weighted by Gasteiger charge is 2.52. The van der Waals surface area contributed by atoms with Gasteiger partial charge in [-0.05, 0) is 159 Å². The van der Waals surface area contributed by atoms with Crippen LogP contribution in [-0.2, 0) is 11.8 Å². The van der Waals surface area contributed by atoms with Gasteiger partial charge >= 0.3 is 0 Å². The van der Waals surface area contributed by atoms with Crippen LogP contribution in [0.2, 0.25) is 0 Å². The minimum atomic E-state index is -0.437. The van der Waals surface area contributed by atoms with Crippen molar-refractivity contribution in [2.45, 2.75) is 98.3 Å². The van der Waals surface area contributed by atoms with E-state index in [0.717, 1.165) is 44.1 Å². The number of hydrogen-bond donors (Lipinski definition) is 0. The minimum Gasteiger partial charge on any atom is -0.0991 e. The Bertz CT molecular complexity index is 3040. The lowest BCUT2D eigenvalue weighted by Gasteiger charge is -2.45. The van der Waals surface area contributed by atoms with Crippen LogP contribution in [0.5, 0.6) is 0 Å². The molecular weight excluding hydrogens is 853 g/mol. The molecule has 0 radical (unpaired) electrons. The number of rotatable bonds is 12. The zero-order valence-electron chi connectivity index (χ0n) is 43.5. The molecule has 0 aromatic heterocycles. The van der Waals surface area contributed by atoms with Gasteiger partial charge in [-0.2, -0.15) is 0 Å². The Hall–Kier alpha value is -7.02. The third-order valence-electron chi connectivity index (χ3n) is 15.4. The van der Waals surface area contributed by atoms with E-state index in [9.17, 15) is 0 Å². The molecule has 0 saturated heterocycles. The molecule has 1 spiro atoms. The van der Waals surface area contributed by atoms with Gasteiger partial charge in [0.25, 0.3) is 0 Å². The first-order valence-electron chi connectivity index (χ1n) is 26.4. The monoisotopic (exact) mass is 927 g/mol. The molecule has 0 heteroatoms. The van der Waals surface area contributed by atoms with E-state index in [4.69, 9.17) is 0 Å². The molecule has 0 heterocycles. The molecule has 4 aliphatic rings. The molecule has 4 aliphatic carbocycles. The van der Waals surface area contributed by atoms with Crippen molar-refractivity contribution in [2.75, 3.05) is 0 Å². The smallest absolute Gasteiger partial charge is 0.0719 e. The van der Waals surface area contributed by atoms with Crippen LogP contribution in [0.1, 0.15) is 142 Å². The lowest BCUT2D eigenvalue weighted by molar-refractivity contribution is 0.553. The Kier molecular flexibility index (Phi) is 16.5. The van der Waals surface area contributed by atoms with Crippen LogP contribution in [-0.4, -0.2) is 0 Å². The number of allylic oxidation sites excluding steroid dienone is 15. The first-order chi connectivity index (χ1) is 34.8. The molecule has 10 rings (SSSR count). The molecular formula is C71H74. The van der Waals surface area contributed by atoms with Gasteiger partial charge in [-0.3, -0.25) is 0 Å². The van der Waals surface area contributed by atoms with E-state index in [0.29, 0.717) is 11.8 Å². The lowest BCUT2D eigenvalue weighted by atomic mass is 9.57. The van der Waals surface area contributed by atoms with Gasteiger partial charge < -0.3 is 0 Å². The Balaban J connectivity index is 0.000000550. The van der Waals surface area contributed by atoms with E-state index in [1.165, 1.54) is 94.6 Å². The van der Waals surface area contributed by atoms with E-state index in [-0.39, 0.29) is 5.92 Å². The predicted octanol–water partition coefficient (Wildman–Crippen LogP) is 19.5. The summed E-state index contributed by atoms with van der Waals surface area (Å²) in [7, 11) is 0. The zero-order chi connectivity index (χ0) is 49.9. The zero-order valence-corrected chi connectivity index (χ0v) is 43.5. The fourth-order valence-electron chi connectivity index (χ4n) is 12.0. The van der Waals surface area contributed by atoms with Crippen LogP contribution in [0.3, 0.4) is 0 Å². The standard InChI is InChI=1S/C60H58.C9H10.C2H6/c1-6-8-9-10-11-12-14-25-41(3)42(4)47(7-2)51-39-36-45-28-17-18-29-48(45)59(51)46-37-38-50-49-30-19-22-33-54(49)60(57(50)40-46)55-34-23-20-31-52(55)58(53-32-21-24-35-56(53)60)43(5)44-26-15-13-16-27-44;1-8(2)9-6-4-3-5-7-9;1-2/h6,8-12,14-15,17-24,26-35,37-38,40-41,43,58H,1,7,13,16,25,36,39H2,2-5H3;3-7H,1H2,2H3;1-2H3/b9-8+,11-10-,14-12-,47-42+;;. The second-order valence-electron chi connectivity index (χ2n) is 19.4. The average molecular weight is 927 g/mol. The summed E-state index contributed by atoms with van der Waals surface area (Å²) in [6.07, 6.45) is 28.1. The molecule has 0 saturated carbocycles. The summed E-state index contributed by atoms with van der Waals surface area (Å²) in [5.74, 6) is 1.05. The van der Waals surface area contributed by atoms with Crippen LogP contribution < -0.4 is 0 Å². The summed E-state index contributed by atoms with van der Waals surface area (Å²) in [5.41, 5.74) is 24.8. The van der Waals surface area contributed by atoms with Crippen LogP contribution in [0.25, 0.3) is 22.3 Å². The molecule has 0 fully saturated rings. The van der Waals surface area contributed by atoms with Crippen molar-refractivity contribution in [3.05, 3.63) is 297 Å². The summed E-state index contributed by atoms with van der Waals surface area (Å²) in [5, 5.41) is 0. The maximum atomic E-state index is 3.83. The molecule has 0 N–H and O–H groups in total. The fourth-order valence-corrected chi connectivity index (χ4v) is 12.0. The van der Waals surface area contributed by atoms with Gasteiger partial charge in [-0.1, -0.05) is 259 Å². The Morgan fingerprint density at radius 1 is 0.648 bits per heavy atom. The highest BCUT2D eigenvalue weighted by molar-refractivity contribution is 5.93. The van der Waals surface area contributed by atoms with Crippen molar-refractivity contribution < 1.29 is 0 Å². The second kappa shape index (κ2) is 23.3. The molecule has 0 nitrogen and oxygen atoms in total. The molecule has 0 amide bonds. The molecule has 0 aliphatic heterocycles. The van der Waals surface area contributed by atoms with Gasteiger partial charge in [0, 0.05) is 5.92 Å². The normalized spacial score (nSPS) is 18.5. The third kappa shape index (κ3) is 9.88. The van der Waals surface area contributed by atoms with Crippen molar-refractivity contribution in [2.24, 2.45) is 11.8 Å². The van der Waals surface area contributed by atoms with E-state index < -0.39 is 5.41 Å². The molecule has 6 aromatic rings. The second-order valence-corrected chi connectivity index (χ2v) is 19.4. The summed E-state index contributed by atoms with van der Waals surface area (Å²) in [6, 6.07) is 55.1. The SMILES string of the molecule is C=C(C)c1ccccc1.C=C/C=C/C=C\C=C/CC(C)/C(C)=C(\CC)C1=C(c2ccc3c(c2)C2(c4ccccc4-3)c3ccccc3C(C(C)C3=CCCC=C3)c3ccccc32)c2ccccc2CC1.CC. The van der Waals surface area contributed by atoms with Crippen molar-refractivity contribution in [1.82, 2.24) is 0 Å². The van der Waals surface area contributed by atoms with Crippen LogP contribution >= 0.6 is 0 Å². The number of fused-ring (bicyclic) bond motifs is 10. The Morgan fingerprint density at radius 2 is 1.25 bits per heavy atom. The van der Waals surface area contributed by atoms with Crippen molar-refractivity contribution in [1.29, 1.82) is 0 Å². The predicted molar refractivity (Wildman–Crippen MR) is 309 cm³/mol. The highest BCUT2D eigenvalue weighted by atomic mass is 14.5. The fraction of sp³-hybridized carbons (Fsp3) is 0.239. The summed E-state index contributed by atoms with van der Waals surface area (Å²) >= 11 is 0. The number of aryl methyl sites for hydroxylation is 1. The maximum Gasteiger partial charge on any atom is 0.0719 e. The number of hydrogen-bond acceptors (Lipinski definition) is 0. The van der Waals surface area contributed by atoms with Crippen LogP contribution in [0.4, 0.5) is 0 Å². The number of benzene rings is 6. The first-order valence-corrected chi connectivity index (χ1v) is 26.4.